The van der Waals surface area contributed by atoms with Gasteiger partial charge in [0.05, 0.1) is 7.11 Å². The van der Waals surface area contributed by atoms with Crippen LogP contribution in [0.1, 0.15) is 29.2 Å². The monoisotopic (exact) mass is 392 g/mol. The Kier molecular flexibility index (Phi) is 7.15. The fraction of sp³-hybridized carbons (Fsp3) is 0.261. The van der Waals surface area contributed by atoms with Gasteiger partial charge in [0.25, 0.3) is 5.91 Å². The Balaban J connectivity index is 2.08. The number of ether oxygens (including phenoxy) is 2. The van der Waals surface area contributed by atoms with Gasteiger partial charge in [0.2, 0.25) is 0 Å². The van der Waals surface area contributed by atoms with Crippen molar-refractivity contribution in [3.63, 3.8) is 0 Å². The summed E-state index contributed by atoms with van der Waals surface area (Å²) in [5.41, 5.74) is 4.08. The summed E-state index contributed by atoms with van der Waals surface area (Å²) in [7, 11) is 1.55. The average Bonchev–Trinajstić information content (AvgIpc) is 2.68. The first-order chi connectivity index (χ1) is 13.7. The van der Waals surface area contributed by atoms with Crippen molar-refractivity contribution >= 4 is 23.6 Å². The van der Waals surface area contributed by atoms with Crippen molar-refractivity contribution in [1.82, 2.24) is 0 Å². The van der Waals surface area contributed by atoms with Crippen molar-refractivity contribution in [1.29, 1.82) is 5.26 Å². The minimum Gasteiger partial charge on any atom is -0.497 e. The molecule has 150 valence electrons. The number of amides is 1. The van der Waals surface area contributed by atoms with Crippen molar-refractivity contribution in [2.45, 2.75) is 33.8 Å². The Labute approximate surface area is 170 Å². The number of nitrogens with zero attached hydrogens (tertiary/aromatic N) is 1. The van der Waals surface area contributed by atoms with Crippen molar-refractivity contribution in [2.24, 2.45) is 0 Å². The van der Waals surface area contributed by atoms with Crippen LogP contribution in [0.2, 0.25) is 0 Å². The first kappa shape index (κ1) is 21.7. The van der Waals surface area contributed by atoms with Gasteiger partial charge in [-0.15, -0.1) is 0 Å². The third kappa shape index (κ3) is 5.69. The van der Waals surface area contributed by atoms with Crippen LogP contribution in [0.4, 0.5) is 5.69 Å². The highest BCUT2D eigenvalue weighted by Gasteiger charge is 2.21. The molecule has 2 aromatic rings. The molecule has 0 aliphatic rings. The standard InChI is InChI=1S/C23H24N2O4/c1-14-10-15(2)21(16(3)11-14)25-22(26)17(4)29-23(27)19(13-24)12-18-6-8-20(28-5)9-7-18/h6-12,17H,1-5H3,(H,25,26)/b19-12+/t17-/m0/s1. The van der Waals surface area contributed by atoms with E-state index in [9.17, 15) is 14.9 Å². The lowest BCUT2D eigenvalue weighted by Crippen LogP contribution is -2.30. The lowest BCUT2D eigenvalue weighted by Gasteiger charge is -2.16. The minimum absolute atomic E-state index is 0.197. The molecule has 0 spiro atoms. The molecule has 0 saturated heterocycles. The number of anilines is 1. The first-order valence-electron chi connectivity index (χ1n) is 9.10. The molecular formula is C23H24N2O4. The van der Waals surface area contributed by atoms with Gasteiger partial charge in [-0.25, -0.2) is 4.79 Å². The van der Waals surface area contributed by atoms with Gasteiger partial charge in [0, 0.05) is 5.69 Å². The fourth-order valence-electron chi connectivity index (χ4n) is 2.88. The maximum Gasteiger partial charge on any atom is 0.349 e. The summed E-state index contributed by atoms with van der Waals surface area (Å²) in [6.07, 6.45) is 0.343. The van der Waals surface area contributed by atoms with Crippen molar-refractivity contribution in [3.05, 3.63) is 64.2 Å². The molecule has 0 radical (unpaired) electrons. The van der Waals surface area contributed by atoms with Gasteiger partial charge < -0.3 is 14.8 Å². The van der Waals surface area contributed by atoms with Crippen LogP contribution in [0.3, 0.4) is 0 Å². The average molecular weight is 392 g/mol. The van der Waals surface area contributed by atoms with E-state index in [2.05, 4.69) is 5.32 Å². The van der Waals surface area contributed by atoms with E-state index in [0.29, 0.717) is 17.0 Å². The predicted octanol–water partition coefficient (Wildman–Crippen LogP) is 4.10. The molecule has 0 fully saturated rings. The second-order valence-electron chi connectivity index (χ2n) is 6.75. The van der Waals surface area contributed by atoms with Gasteiger partial charge in [-0.2, -0.15) is 5.26 Å². The van der Waals surface area contributed by atoms with E-state index >= 15 is 0 Å². The van der Waals surface area contributed by atoms with Crippen LogP contribution in [-0.4, -0.2) is 25.1 Å². The molecule has 2 rings (SSSR count). The molecule has 6 nitrogen and oxygen atoms in total. The summed E-state index contributed by atoms with van der Waals surface area (Å²) in [6, 6.07) is 12.6. The summed E-state index contributed by atoms with van der Waals surface area (Å²) in [6.45, 7) is 7.25. The molecular weight excluding hydrogens is 368 g/mol. The summed E-state index contributed by atoms with van der Waals surface area (Å²) >= 11 is 0. The number of rotatable bonds is 6. The summed E-state index contributed by atoms with van der Waals surface area (Å²) in [5.74, 6) is -0.659. The van der Waals surface area contributed by atoms with Crippen LogP contribution >= 0.6 is 0 Å². The topological polar surface area (TPSA) is 88.4 Å². The Morgan fingerprint density at radius 3 is 2.21 bits per heavy atom. The zero-order valence-corrected chi connectivity index (χ0v) is 17.2. The molecule has 29 heavy (non-hydrogen) atoms. The van der Waals surface area contributed by atoms with Crippen LogP contribution in [0.5, 0.6) is 5.75 Å². The number of carbonyl (C=O) groups excluding carboxylic acids is 2. The van der Waals surface area contributed by atoms with Crippen molar-refractivity contribution in [2.75, 3.05) is 12.4 Å². The molecule has 0 saturated carbocycles. The molecule has 0 heterocycles. The second kappa shape index (κ2) is 9.56. The molecule has 1 amide bonds. The number of esters is 1. The van der Waals surface area contributed by atoms with Gasteiger partial charge in [0.1, 0.15) is 17.4 Å². The second-order valence-corrected chi connectivity index (χ2v) is 6.75. The number of benzene rings is 2. The molecule has 2 aromatic carbocycles. The maximum absolute atomic E-state index is 12.5. The van der Waals surface area contributed by atoms with Crippen LogP contribution in [0.25, 0.3) is 6.08 Å². The van der Waals surface area contributed by atoms with Crippen LogP contribution in [0.15, 0.2) is 42.0 Å². The number of methoxy groups -OCH3 is 1. The quantitative estimate of drug-likeness (QED) is 0.454. The van der Waals surface area contributed by atoms with Crippen molar-refractivity contribution in [3.8, 4) is 11.8 Å². The molecule has 1 N–H and O–H groups in total. The van der Waals surface area contributed by atoms with E-state index in [4.69, 9.17) is 9.47 Å². The molecule has 6 heteroatoms. The number of nitriles is 1. The third-order valence-electron chi connectivity index (χ3n) is 4.35. The Bertz CT molecular complexity index is 962. The third-order valence-corrected chi connectivity index (χ3v) is 4.35. The molecule has 0 bridgehead atoms. The SMILES string of the molecule is COc1ccc(/C=C(\C#N)C(=O)O[C@@H](C)C(=O)Nc2c(C)cc(C)cc2C)cc1. The number of aryl methyl sites for hydroxylation is 3. The van der Waals surface area contributed by atoms with E-state index in [0.717, 1.165) is 16.7 Å². The van der Waals surface area contributed by atoms with Gasteiger partial charge in [0.15, 0.2) is 6.10 Å². The number of hydrogen-bond donors (Lipinski definition) is 1. The van der Waals surface area contributed by atoms with Gasteiger partial charge in [-0.1, -0.05) is 29.8 Å². The minimum atomic E-state index is -1.06. The summed E-state index contributed by atoms with van der Waals surface area (Å²) in [5, 5.41) is 12.1. The largest absolute Gasteiger partial charge is 0.497 e. The Hall–Kier alpha value is -3.59. The van der Waals surface area contributed by atoms with E-state index in [1.54, 1.807) is 31.4 Å². The highest BCUT2D eigenvalue weighted by Crippen LogP contribution is 2.22. The lowest BCUT2D eigenvalue weighted by molar-refractivity contribution is -0.148. The van der Waals surface area contributed by atoms with Crippen LogP contribution in [0, 0.1) is 32.1 Å². The molecule has 0 aliphatic heterocycles. The predicted molar refractivity (Wildman–Crippen MR) is 111 cm³/mol. The Morgan fingerprint density at radius 2 is 1.69 bits per heavy atom. The van der Waals surface area contributed by atoms with Crippen LogP contribution < -0.4 is 10.1 Å². The zero-order chi connectivity index (χ0) is 21.6. The summed E-state index contributed by atoms with van der Waals surface area (Å²) in [4.78, 5) is 24.8. The van der Waals surface area contributed by atoms with E-state index in [1.165, 1.54) is 13.0 Å². The van der Waals surface area contributed by atoms with Gasteiger partial charge >= 0.3 is 5.97 Å². The molecule has 0 aromatic heterocycles. The molecule has 1 atom stereocenters. The van der Waals surface area contributed by atoms with Crippen molar-refractivity contribution < 1.29 is 19.1 Å². The molecule has 0 aliphatic carbocycles. The lowest BCUT2D eigenvalue weighted by atomic mass is 10.0. The smallest absolute Gasteiger partial charge is 0.349 e. The normalized spacial score (nSPS) is 11.9. The molecule has 0 unspecified atom stereocenters. The van der Waals surface area contributed by atoms with Gasteiger partial charge in [-0.05, 0) is 62.6 Å². The van der Waals surface area contributed by atoms with Crippen LogP contribution in [-0.2, 0) is 14.3 Å². The first-order valence-corrected chi connectivity index (χ1v) is 9.10. The number of carbonyl (C=O) groups is 2. The van der Waals surface area contributed by atoms with E-state index in [1.807, 2.05) is 39.0 Å². The summed E-state index contributed by atoms with van der Waals surface area (Å²) < 4.78 is 10.3. The zero-order valence-electron chi connectivity index (χ0n) is 17.2. The fourth-order valence-corrected chi connectivity index (χ4v) is 2.88. The Morgan fingerprint density at radius 1 is 1.10 bits per heavy atom. The van der Waals surface area contributed by atoms with E-state index in [-0.39, 0.29) is 5.57 Å². The number of nitrogens with one attached hydrogen (secondary N) is 1. The maximum atomic E-state index is 12.5. The highest BCUT2D eigenvalue weighted by atomic mass is 16.5. The van der Waals surface area contributed by atoms with E-state index < -0.39 is 18.0 Å². The van der Waals surface area contributed by atoms with Gasteiger partial charge in [-0.3, -0.25) is 4.79 Å². The highest BCUT2D eigenvalue weighted by molar-refractivity contribution is 6.01. The number of hydrogen-bond acceptors (Lipinski definition) is 5.